The van der Waals surface area contributed by atoms with Gasteiger partial charge in [-0.3, -0.25) is 9.48 Å². The second kappa shape index (κ2) is 5.72. The Kier molecular flexibility index (Phi) is 3.78. The molecule has 0 saturated heterocycles. The first-order chi connectivity index (χ1) is 10.2. The summed E-state index contributed by atoms with van der Waals surface area (Å²) in [7, 11) is 0. The number of carbonyl (C=O) groups excluding carboxylic acids is 1. The van der Waals surface area contributed by atoms with Gasteiger partial charge in [0.15, 0.2) is 6.29 Å². The second-order valence-electron chi connectivity index (χ2n) is 5.54. The minimum absolute atomic E-state index is 0.344. The normalized spacial score (nSPS) is 15.7. The molecule has 4 heteroatoms. The number of aromatic nitrogens is 2. The Morgan fingerprint density at radius 3 is 2.86 bits per heavy atom. The lowest BCUT2D eigenvalue weighted by molar-refractivity contribution is 0.112. The molecule has 1 unspecified atom stereocenters. The maximum atomic E-state index is 11.4. The van der Waals surface area contributed by atoms with E-state index in [0.717, 1.165) is 17.6 Å². The Morgan fingerprint density at radius 2 is 2.19 bits per heavy atom. The van der Waals surface area contributed by atoms with Crippen LogP contribution in [0.4, 0.5) is 0 Å². The van der Waals surface area contributed by atoms with Gasteiger partial charge in [0.1, 0.15) is 11.4 Å². The monoisotopic (exact) mass is 284 g/mol. The molecule has 21 heavy (non-hydrogen) atoms. The van der Waals surface area contributed by atoms with Crippen LogP contribution >= 0.6 is 0 Å². The van der Waals surface area contributed by atoms with E-state index in [1.807, 2.05) is 42.1 Å². The van der Waals surface area contributed by atoms with E-state index in [9.17, 15) is 4.79 Å². The lowest BCUT2D eigenvalue weighted by Gasteiger charge is -2.11. The lowest BCUT2D eigenvalue weighted by Crippen LogP contribution is -2.07. The molecule has 1 aliphatic rings. The number of benzene rings is 1. The average molecular weight is 284 g/mol. The number of para-hydroxylation sites is 1. The zero-order chi connectivity index (χ0) is 14.8. The van der Waals surface area contributed by atoms with Crippen molar-refractivity contribution in [1.82, 2.24) is 9.78 Å². The Labute approximate surface area is 124 Å². The minimum Gasteiger partial charge on any atom is -0.493 e. The summed E-state index contributed by atoms with van der Waals surface area (Å²) >= 11 is 0. The van der Waals surface area contributed by atoms with Crippen LogP contribution < -0.4 is 4.74 Å². The molecule has 2 aromatic rings. The number of aldehydes is 1. The number of carbonyl (C=O) groups is 1. The molecule has 0 aliphatic heterocycles. The van der Waals surface area contributed by atoms with Gasteiger partial charge in [0, 0.05) is 11.8 Å². The molecule has 1 aliphatic carbocycles. The maximum Gasteiger partial charge on any atom is 0.153 e. The summed E-state index contributed by atoms with van der Waals surface area (Å²) in [5.74, 6) is 1.46. The first-order valence-corrected chi connectivity index (χ1v) is 7.51. The summed E-state index contributed by atoms with van der Waals surface area (Å²) in [6, 6.07) is 8.08. The van der Waals surface area contributed by atoms with E-state index < -0.39 is 0 Å². The van der Waals surface area contributed by atoms with Crippen LogP contribution in [0.1, 0.15) is 43.1 Å². The quantitative estimate of drug-likeness (QED) is 0.759. The van der Waals surface area contributed by atoms with Crippen LogP contribution in [0.3, 0.4) is 0 Å². The predicted molar refractivity (Wildman–Crippen MR) is 81.7 cm³/mol. The highest BCUT2D eigenvalue weighted by Gasteiger charge is 2.30. The fourth-order valence-corrected chi connectivity index (χ4v) is 2.65. The zero-order valence-corrected chi connectivity index (χ0v) is 12.5. The first kappa shape index (κ1) is 13.9. The largest absolute Gasteiger partial charge is 0.493 e. The van der Waals surface area contributed by atoms with Crippen molar-refractivity contribution in [2.24, 2.45) is 5.92 Å². The van der Waals surface area contributed by atoms with Crippen LogP contribution in [-0.4, -0.2) is 22.7 Å². The van der Waals surface area contributed by atoms with E-state index in [1.54, 1.807) is 0 Å². The van der Waals surface area contributed by atoms with Crippen LogP contribution in [0.2, 0.25) is 0 Å². The highest BCUT2D eigenvalue weighted by molar-refractivity contribution is 5.87. The number of rotatable bonds is 6. The summed E-state index contributed by atoms with van der Waals surface area (Å²) in [5.41, 5.74) is 2.21. The third kappa shape index (κ3) is 2.71. The van der Waals surface area contributed by atoms with Crippen molar-refractivity contribution in [3.63, 3.8) is 0 Å². The molecule has 1 aromatic heterocycles. The molecule has 0 N–H and O–H groups in total. The molecular formula is C17H20N2O2. The van der Waals surface area contributed by atoms with E-state index in [1.165, 1.54) is 12.8 Å². The number of nitrogens with zero attached hydrogens (tertiary/aromatic N) is 2. The summed E-state index contributed by atoms with van der Waals surface area (Å²) in [6.07, 6.45) is 5.24. The minimum atomic E-state index is 0.344. The van der Waals surface area contributed by atoms with Crippen molar-refractivity contribution in [3.8, 4) is 17.0 Å². The number of hydrogen-bond acceptors (Lipinski definition) is 3. The third-order valence-corrected chi connectivity index (χ3v) is 4.05. The smallest absolute Gasteiger partial charge is 0.153 e. The molecule has 1 fully saturated rings. The van der Waals surface area contributed by atoms with Gasteiger partial charge in [-0.1, -0.05) is 12.1 Å². The predicted octanol–water partition coefficient (Wildman–Crippen LogP) is 3.73. The number of ether oxygens (including phenoxy) is 1. The van der Waals surface area contributed by atoms with Gasteiger partial charge in [-0.05, 0) is 44.7 Å². The summed E-state index contributed by atoms with van der Waals surface area (Å²) < 4.78 is 7.59. The molecule has 1 saturated carbocycles. The molecular weight excluding hydrogens is 264 g/mol. The van der Waals surface area contributed by atoms with Gasteiger partial charge in [0.05, 0.1) is 18.2 Å². The highest BCUT2D eigenvalue weighted by atomic mass is 16.5. The molecule has 110 valence electrons. The first-order valence-electron chi connectivity index (χ1n) is 7.51. The van der Waals surface area contributed by atoms with E-state index in [0.29, 0.717) is 29.8 Å². The lowest BCUT2D eigenvalue weighted by atomic mass is 10.1. The fourth-order valence-electron chi connectivity index (χ4n) is 2.65. The Bertz CT molecular complexity index is 644. The topological polar surface area (TPSA) is 44.1 Å². The molecule has 3 rings (SSSR count). The summed E-state index contributed by atoms with van der Waals surface area (Å²) in [4.78, 5) is 11.4. The van der Waals surface area contributed by atoms with E-state index in [2.05, 4.69) is 12.0 Å². The Hall–Kier alpha value is -2.10. The van der Waals surface area contributed by atoms with Gasteiger partial charge >= 0.3 is 0 Å². The second-order valence-corrected chi connectivity index (χ2v) is 5.54. The summed E-state index contributed by atoms with van der Waals surface area (Å²) in [6.45, 7) is 4.70. The molecule has 1 heterocycles. The van der Waals surface area contributed by atoms with Gasteiger partial charge in [0.25, 0.3) is 0 Å². The van der Waals surface area contributed by atoms with E-state index >= 15 is 0 Å². The molecule has 1 atom stereocenters. The van der Waals surface area contributed by atoms with Crippen molar-refractivity contribution in [3.05, 3.63) is 36.0 Å². The molecule has 0 radical (unpaired) electrons. The van der Waals surface area contributed by atoms with Crippen molar-refractivity contribution in [2.75, 3.05) is 6.61 Å². The SMILES string of the molecule is CCOc1ccccc1-c1nn(C(C)C2CC2)cc1C=O. The number of hydrogen-bond donors (Lipinski definition) is 0. The van der Waals surface area contributed by atoms with Crippen LogP contribution in [0.25, 0.3) is 11.3 Å². The van der Waals surface area contributed by atoms with Crippen LogP contribution in [0.5, 0.6) is 5.75 Å². The Morgan fingerprint density at radius 1 is 1.43 bits per heavy atom. The molecule has 0 amide bonds. The maximum absolute atomic E-state index is 11.4. The fraction of sp³-hybridized carbons (Fsp3) is 0.412. The van der Waals surface area contributed by atoms with Crippen LogP contribution in [0.15, 0.2) is 30.5 Å². The molecule has 4 nitrogen and oxygen atoms in total. The van der Waals surface area contributed by atoms with Gasteiger partial charge < -0.3 is 4.74 Å². The standard InChI is InChI=1S/C17H20N2O2/c1-3-21-16-7-5-4-6-15(16)17-14(11-20)10-19(18-17)12(2)13-8-9-13/h4-7,10-13H,3,8-9H2,1-2H3. The molecule has 0 bridgehead atoms. The van der Waals surface area contributed by atoms with Crippen molar-refractivity contribution in [2.45, 2.75) is 32.7 Å². The van der Waals surface area contributed by atoms with Gasteiger partial charge in [0.2, 0.25) is 0 Å². The molecule has 1 aromatic carbocycles. The summed E-state index contributed by atoms with van der Waals surface area (Å²) in [5, 5.41) is 4.66. The van der Waals surface area contributed by atoms with Gasteiger partial charge in [-0.25, -0.2) is 0 Å². The Balaban J connectivity index is 2.03. The van der Waals surface area contributed by atoms with Gasteiger partial charge in [-0.2, -0.15) is 5.10 Å². The average Bonchev–Trinajstić information content (AvgIpc) is 3.26. The van der Waals surface area contributed by atoms with Crippen LogP contribution in [-0.2, 0) is 0 Å². The van der Waals surface area contributed by atoms with E-state index in [-0.39, 0.29) is 0 Å². The third-order valence-electron chi connectivity index (χ3n) is 4.05. The van der Waals surface area contributed by atoms with Crippen LogP contribution in [0, 0.1) is 5.92 Å². The van der Waals surface area contributed by atoms with Crippen molar-refractivity contribution in [1.29, 1.82) is 0 Å². The van der Waals surface area contributed by atoms with Crippen molar-refractivity contribution >= 4 is 6.29 Å². The highest BCUT2D eigenvalue weighted by Crippen LogP contribution is 2.40. The van der Waals surface area contributed by atoms with E-state index in [4.69, 9.17) is 4.74 Å². The van der Waals surface area contributed by atoms with Crippen molar-refractivity contribution < 1.29 is 9.53 Å². The zero-order valence-electron chi connectivity index (χ0n) is 12.5. The van der Waals surface area contributed by atoms with Gasteiger partial charge in [-0.15, -0.1) is 0 Å². The molecule has 0 spiro atoms.